The van der Waals surface area contributed by atoms with Gasteiger partial charge >= 0.3 is 0 Å². The Bertz CT molecular complexity index is 681. The van der Waals surface area contributed by atoms with Crippen LogP contribution in [0.4, 0.5) is 0 Å². The lowest BCUT2D eigenvalue weighted by molar-refractivity contribution is -0.318. The van der Waals surface area contributed by atoms with Gasteiger partial charge in [0.25, 0.3) is 0 Å². The molecule has 0 bridgehead atoms. The van der Waals surface area contributed by atoms with E-state index in [9.17, 15) is 10.2 Å². The van der Waals surface area contributed by atoms with Crippen molar-refractivity contribution in [3.63, 3.8) is 0 Å². The standard InChI is InChI=1S/C19H20O5S/c20-15-16(21)19(25-13-9-5-2-6-10-13)23-14-11-22-18(24-17(14)15)12-7-3-1-4-8-12/h1-10,14-21H,11H2/t14?,15-,16-,17?,18?,19-/m0/s1. The third kappa shape index (κ3) is 3.60. The number of thioether (sulfide) groups is 1. The summed E-state index contributed by atoms with van der Waals surface area (Å²) in [5.74, 6) is 0. The van der Waals surface area contributed by atoms with Gasteiger partial charge in [-0.15, -0.1) is 0 Å². The summed E-state index contributed by atoms with van der Waals surface area (Å²) in [6, 6.07) is 19.2. The molecule has 2 aromatic carbocycles. The molecular formula is C19H20O5S. The summed E-state index contributed by atoms with van der Waals surface area (Å²) < 4.78 is 17.6. The Kier molecular flexibility index (Phi) is 5.08. The van der Waals surface area contributed by atoms with Crippen LogP contribution in [0.2, 0.25) is 0 Å². The Morgan fingerprint density at radius 1 is 0.840 bits per heavy atom. The van der Waals surface area contributed by atoms with Gasteiger partial charge in [0.15, 0.2) is 6.29 Å². The lowest BCUT2D eigenvalue weighted by Crippen LogP contribution is -2.60. The summed E-state index contributed by atoms with van der Waals surface area (Å²) in [7, 11) is 0. The van der Waals surface area contributed by atoms with Gasteiger partial charge in [-0.25, -0.2) is 0 Å². The molecule has 2 aliphatic rings. The molecule has 2 heterocycles. The van der Waals surface area contributed by atoms with Gasteiger partial charge in [-0.2, -0.15) is 0 Å². The Balaban J connectivity index is 1.46. The van der Waals surface area contributed by atoms with Crippen molar-refractivity contribution in [1.29, 1.82) is 0 Å². The molecule has 2 N–H and O–H groups in total. The number of aliphatic hydroxyl groups excluding tert-OH is 2. The summed E-state index contributed by atoms with van der Waals surface area (Å²) in [6.45, 7) is 0.305. The van der Waals surface area contributed by atoms with Gasteiger partial charge in [-0.05, 0) is 12.1 Å². The van der Waals surface area contributed by atoms with Gasteiger partial charge in [0.2, 0.25) is 0 Å². The highest BCUT2D eigenvalue weighted by Gasteiger charge is 2.49. The maximum absolute atomic E-state index is 10.6. The van der Waals surface area contributed by atoms with Crippen LogP contribution in [0.1, 0.15) is 11.9 Å². The molecule has 0 aromatic heterocycles. The second-order valence-electron chi connectivity index (χ2n) is 6.13. The Morgan fingerprint density at radius 2 is 1.52 bits per heavy atom. The first-order valence-electron chi connectivity index (χ1n) is 8.28. The largest absolute Gasteiger partial charge is 0.387 e. The number of ether oxygens (including phenoxy) is 3. The van der Waals surface area contributed by atoms with Crippen LogP contribution in [0.3, 0.4) is 0 Å². The van der Waals surface area contributed by atoms with Crippen LogP contribution in [0.15, 0.2) is 65.6 Å². The molecule has 0 aliphatic carbocycles. The van der Waals surface area contributed by atoms with E-state index in [1.54, 1.807) is 0 Å². The summed E-state index contributed by atoms with van der Waals surface area (Å²) in [4.78, 5) is 0.969. The average molecular weight is 360 g/mol. The molecule has 2 aromatic rings. The van der Waals surface area contributed by atoms with E-state index >= 15 is 0 Å². The van der Waals surface area contributed by atoms with Crippen molar-refractivity contribution in [1.82, 2.24) is 0 Å². The Labute approximate surface area is 150 Å². The molecule has 0 saturated carbocycles. The minimum Gasteiger partial charge on any atom is -0.387 e. The Hall–Kier alpha value is -1.41. The summed E-state index contributed by atoms with van der Waals surface area (Å²) >= 11 is 1.39. The second-order valence-corrected chi connectivity index (χ2v) is 7.30. The van der Waals surface area contributed by atoms with E-state index in [4.69, 9.17) is 14.2 Å². The van der Waals surface area contributed by atoms with E-state index in [1.165, 1.54) is 11.8 Å². The van der Waals surface area contributed by atoms with Gasteiger partial charge in [0, 0.05) is 10.5 Å². The number of rotatable bonds is 3. The van der Waals surface area contributed by atoms with Gasteiger partial charge < -0.3 is 24.4 Å². The fourth-order valence-corrected chi connectivity index (χ4v) is 4.17. The monoisotopic (exact) mass is 360 g/mol. The van der Waals surface area contributed by atoms with Crippen molar-refractivity contribution in [2.75, 3.05) is 6.61 Å². The van der Waals surface area contributed by atoms with Crippen LogP contribution in [0.25, 0.3) is 0 Å². The second kappa shape index (κ2) is 7.45. The molecule has 3 unspecified atom stereocenters. The molecule has 4 rings (SSSR count). The number of hydrogen-bond donors (Lipinski definition) is 2. The molecule has 2 aliphatic heterocycles. The number of benzene rings is 2. The van der Waals surface area contributed by atoms with Crippen molar-refractivity contribution >= 4 is 11.8 Å². The normalized spacial score (nSPS) is 35.1. The average Bonchev–Trinajstić information content (AvgIpc) is 2.67. The van der Waals surface area contributed by atoms with Crippen LogP contribution in [-0.4, -0.2) is 46.7 Å². The Morgan fingerprint density at radius 3 is 2.24 bits per heavy atom. The molecule has 132 valence electrons. The highest BCUT2D eigenvalue weighted by atomic mass is 32.2. The maximum Gasteiger partial charge on any atom is 0.184 e. The van der Waals surface area contributed by atoms with Crippen LogP contribution in [0.5, 0.6) is 0 Å². The summed E-state index contributed by atoms with van der Waals surface area (Å²) in [5.41, 5.74) is 0.308. The maximum atomic E-state index is 10.6. The lowest BCUT2D eigenvalue weighted by atomic mass is 9.99. The summed E-state index contributed by atoms with van der Waals surface area (Å²) in [5, 5.41) is 21.0. The predicted molar refractivity (Wildman–Crippen MR) is 93.0 cm³/mol. The minimum absolute atomic E-state index is 0.305. The molecule has 6 heteroatoms. The fraction of sp³-hybridized carbons (Fsp3) is 0.368. The van der Waals surface area contributed by atoms with Crippen LogP contribution >= 0.6 is 11.8 Å². The predicted octanol–water partition coefficient (Wildman–Crippen LogP) is 2.34. The van der Waals surface area contributed by atoms with Crippen molar-refractivity contribution in [2.24, 2.45) is 0 Å². The topological polar surface area (TPSA) is 68.2 Å². The quantitative estimate of drug-likeness (QED) is 0.876. The van der Waals surface area contributed by atoms with E-state index < -0.39 is 36.1 Å². The molecule has 0 amide bonds. The zero-order valence-corrected chi connectivity index (χ0v) is 14.3. The van der Waals surface area contributed by atoms with Crippen molar-refractivity contribution < 1.29 is 24.4 Å². The third-order valence-corrected chi connectivity index (χ3v) is 5.57. The number of hydrogen-bond acceptors (Lipinski definition) is 6. The van der Waals surface area contributed by atoms with Crippen molar-refractivity contribution in [3.05, 3.63) is 66.2 Å². The third-order valence-electron chi connectivity index (χ3n) is 4.40. The SMILES string of the molecule is O[C@H]1[C@H](O)C2OC(c3ccccc3)OCC2O[C@H]1Sc1ccccc1. The highest BCUT2D eigenvalue weighted by Crippen LogP contribution is 2.38. The first kappa shape index (κ1) is 17.0. The minimum atomic E-state index is -1.04. The lowest BCUT2D eigenvalue weighted by Gasteiger charge is -2.46. The molecule has 2 saturated heterocycles. The molecule has 2 fully saturated rings. The van der Waals surface area contributed by atoms with Gasteiger partial charge in [0.05, 0.1) is 6.61 Å². The first-order valence-corrected chi connectivity index (χ1v) is 9.15. The van der Waals surface area contributed by atoms with E-state index in [0.717, 1.165) is 10.5 Å². The highest BCUT2D eigenvalue weighted by molar-refractivity contribution is 7.99. The van der Waals surface area contributed by atoms with Gasteiger partial charge in [-0.3, -0.25) is 0 Å². The van der Waals surface area contributed by atoms with Crippen LogP contribution in [0, 0.1) is 0 Å². The fourth-order valence-electron chi connectivity index (χ4n) is 3.09. The van der Waals surface area contributed by atoms with Crippen LogP contribution < -0.4 is 0 Å². The molecule has 0 spiro atoms. The van der Waals surface area contributed by atoms with E-state index in [-0.39, 0.29) is 0 Å². The van der Waals surface area contributed by atoms with E-state index in [2.05, 4.69) is 0 Å². The van der Waals surface area contributed by atoms with Crippen molar-refractivity contribution in [2.45, 2.75) is 41.0 Å². The molecule has 25 heavy (non-hydrogen) atoms. The smallest absolute Gasteiger partial charge is 0.184 e. The van der Waals surface area contributed by atoms with Crippen molar-refractivity contribution in [3.8, 4) is 0 Å². The van der Waals surface area contributed by atoms with E-state index in [0.29, 0.717) is 6.61 Å². The van der Waals surface area contributed by atoms with Crippen LogP contribution in [-0.2, 0) is 14.2 Å². The number of fused-ring (bicyclic) bond motifs is 1. The molecule has 0 radical (unpaired) electrons. The van der Waals surface area contributed by atoms with Gasteiger partial charge in [0.1, 0.15) is 29.9 Å². The molecule has 6 atom stereocenters. The zero-order valence-electron chi connectivity index (χ0n) is 13.5. The number of aliphatic hydroxyl groups is 2. The van der Waals surface area contributed by atoms with E-state index in [1.807, 2.05) is 60.7 Å². The first-order chi connectivity index (χ1) is 12.2. The zero-order chi connectivity index (χ0) is 17.2. The molecule has 5 nitrogen and oxygen atoms in total. The van der Waals surface area contributed by atoms with Gasteiger partial charge in [-0.1, -0.05) is 60.3 Å². The summed E-state index contributed by atoms with van der Waals surface area (Å²) in [6.07, 6.45) is -3.68. The molecular weight excluding hydrogens is 340 g/mol.